The molecule has 0 atom stereocenters. The van der Waals surface area contributed by atoms with E-state index in [-0.39, 0.29) is 0 Å². The van der Waals surface area contributed by atoms with Gasteiger partial charge in [0, 0.05) is 0 Å². The smallest absolute Gasteiger partial charge is 0.0682 e. The molecule has 0 aliphatic rings. The fraction of sp³-hybridized carbons (Fsp3) is 0.786. The van der Waals surface area contributed by atoms with Crippen molar-refractivity contribution in [3.63, 3.8) is 0 Å². The number of hydrogen-bond donors (Lipinski definition) is 0. The predicted octanol–water partition coefficient (Wildman–Crippen LogP) is 8.56. The molecular formula is C28H54Si2. The van der Waals surface area contributed by atoms with Crippen molar-refractivity contribution >= 4 is 27.2 Å². The Morgan fingerprint density at radius 1 is 0.567 bits per heavy atom. The average Bonchev–Trinajstić information content (AvgIpc) is 2.73. The number of rotatable bonds is 19. The molecule has 1 aromatic carbocycles. The highest BCUT2D eigenvalue weighted by molar-refractivity contribution is 6.89. The van der Waals surface area contributed by atoms with Gasteiger partial charge in [-0.25, -0.2) is 0 Å². The molecule has 0 fully saturated rings. The van der Waals surface area contributed by atoms with E-state index in [9.17, 15) is 0 Å². The summed E-state index contributed by atoms with van der Waals surface area (Å²) in [7, 11) is -1.87. The molecule has 0 aliphatic heterocycles. The number of unbranched alkanes of at least 4 members (excludes halogenated alkanes) is 15. The normalized spacial score (nSPS) is 12.1. The van der Waals surface area contributed by atoms with E-state index >= 15 is 0 Å². The monoisotopic (exact) mass is 446 g/mol. The van der Waals surface area contributed by atoms with Crippen LogP contribution in [0.5, 0.6) is 0 Å². The first kappa shape index (κ1) is 27.7. The molecule has 0 saturated heterocycles. The van der Waals surface area contributed by atoms with E-state index in [0.29, 0.717) is 0 Å². The minimum atomic E-state index is -1.23. The van der Waals surface area contributed by atoms with Crippen molar-refractivity contribution in [1.82, 2.24) is 0 Å². The minimum absolute atomic E-state index is 0.645. The first-order valence-electron chi connectivity index (χ1n) is 13.6. The van der Waals surface area contributed by atoms with Gasteiger partial charge in [0.25, 0.3) is 0 Å². The van der Waals surface area contributed by atoms with Crippen molar-refractivity contribution in [2.75, 3.05) is 0 Å². The SMILES string of the molecule is CCCCCCCCCCCCCCCCCC[Si](C)(C)c1ccc([SiH](C)C)cc1. The minimum Gasteiger partial charge on any atom is -0.0682 e. The zero-order chi connectivity index (χ0) is 22.1. The molecule has 0 saturated carbocycles. The second-order valence-corrected chi connectivity index (χ2v) is 18.5. The number of hydrogen-bond acceptors (Lipinski definition) is 0. The van der Waals surface area contributed by atoms with Gasteiger partial charge in [-0.1, -0.05) is 177 Å². The van der Waals surface area contributed by atoms with Gasteiger partial charge in [-0.2, -0.15) is 0 Å². The molecule has 174 valence electrons. The quantitative estimate of drug-likeness (QED) is 0.147. The van der Waals surface area contributed by atoms with E-state index in [4.69, 9.17) is 0 Å². The summed E-state index contributed by atoms with van der Waals surface area (Å²) in [4.78, 5) is 0. The molecule has 0 radical (unpaired) electrons. The molecule has 0 heterocycles. The molecule has 0 aromatic heterocycles. The van der Waals surface area contributed by atoms with Gasteiger partial charge in [0.2, 0.25) is 0 Å². The molecule has 0 aliphatic carbocycles. The van der Waals surface area contributed by atoms with Crippen LogP contribution < -0.4 is 10.4 Å². The van der Waals surface area contributed by atoms with Crippen LogP contribution in [0.15, 0.2) is 24.3 Å². The molecule has 0 nitrogen and oxygen atoms in total. The largest absolute Gasteiger partial charge is 0.0806 e. The Morgan fingerprint density at radius 3 is 1.30 bits per heavy atom. The first-order chi connectivity index (χ1) is 14.5. The van der Waals surface area contributed by atoms with Gasteiger partial charge in [0.1, 0.15) is 0 Å². The predicted molar refractivity (Wildman–Crippen MR) is 146 cm³/mol. The molecule has 0 amide bonds. The summed E-state index contributed by atoms with van der Waals surface area (Å²) in [6, 6.07) is 11.2. The number of benzene rings is 1. The highest BCUT2D eigenvalue weighted by atomic mass is 28.3. The van der Waals surface area contributed by atoms with E-state index in [2.05, 4.69) is 57.4 Å². The molecule has 1 rings (SSSR count). The van der Waals surface area contributed by atoms with Crippen molar-refractivity contribution in [2.24, 2.45) is 0 Å². The van der Waals surface area contributed by atoms with Crippen LogP contribution in [0.4, 0.5) is 0 Å². The van der Waals surface area contributed by atoms with Crippen LogP contribution in [0.2, 0.25) is 32.2 Å². The summed E-state index contributed by atoms with van der Waals surface area (Å²) in [5, 5.41) is 3.29. The van der Waals surface area contributed by atoms with Crippen LogP contribution in [0.1, 0.15) is 110 Å². The molecule has 2 heteroatoms. The molecule has 0 N–H and O–H groups in total. The highest BCUT2D eigenvalue weighted by Gasteiger charge is 2.22. The lowest BCUT2D eigenvalue weighted by molar-refractivity contribution is 0.531. The zero-order valence-electron chi connectivity index (χ0n) is 21.4. The van der Waals surface area contributed by atoms with Gasteiger partial charge in [-0.3, -0.25) is 0 Å². The fourth-order valence-electron chi connectivity index (χ4n) is 4.58. The van der Waals surface area contributed by atoms with E-state index in [1.807, 2.05) is 0 Å². The summed E-state index contributed by atoms with van der Waals surface area (Å²) in [5.41, 5.74) is 0. The summed E-state index contributed by atoms with van der Waals surface area (Å²) in [6.45, 7) is 12.3. The Hall–Kier alpha value is -0.346. The maximum atomic E-state index is 2.57. The maximum Gasteiger partial charge on any atom is 0.0806 e. The van der Waals surface area contributed by atoms with E-state index in [1.165, 1.54) is 109 Å². The molecule has 30 heavy (non-hydrogen) atoms. The van der Waals surface area contributed by atoms with Gasteiger partial charge in [-0.05, 0) is 0 Å². The van der Waals surface area contributed by atoms with Gasteiger partial charge in [0.15, 0.2) is 0 Å². The lowest BCUT2D eigenvalue weighted by Crippen LogP contribution is -2.42. The van der Waals surface area contributed by atoms with Crippen LogP contribution in [0.3, 0.4) is 0 Å². The summed E-state index contributed by atoms with van der Waals surface area (Å²) < 4.78 is 0. The molecule has 1 aromatic rings. The van der Waals surface area contributed by atoms with E-state index < -0.39 is 16.9 Å². The Balaban J connectivity index is 1.94. The lowest BCUT2D eigenvalue weighted by atomic mass is 10.0. The third-order valence-corrected chi connectivity index (χ3v) is 12.2. The van der Waals surface area contributed by atoms with Crippen LogP contribution in [-0.2, 0) is 0 Å². The molecule has 0 unspecified atom stereocenters. The van der Waals surface area contributed by atoms with E-state index in [0.717, 1.165) is 0 Å². The second kappa shape index (κ2) is 17.2. The summed E-state index contributed by atoms with van der Waals surface area (Å²) in [5.74, 6) is 0. The van der Waals surface area contributed by atoms with Gasteiger partial charge in [0.05, 0.1) is 16.9 Å². The third kappa shape index (κ3) is 13.1. The summed E-state index contributed by atoms with van der Waals surface area (Å²) in [6.07, 6.45) is 23.4. The van der Waals surface area contributed by atoms with Crippen LogP contribution in [0, 0.1) is 0 Å². The van der Waals surface area contributed by atoms with Gasteiger partial charge < -0.3 is 0 Å². The summed E-state index contributed by atoms with van der Waals surface area (Å²) >= 11 is 0. The Labute approximate surface area is 193 Å². The molecular weight excluding hydrogens is 392 g/mol. The maximum absolute atomic E-state index is 2.57. The van der Waals surface area contributed by atoms with Crippen molar-refractivity contribution < 1.29 is 0 Å². The van der Waals surface area contributed by atoms with Crippen molar-refractivity contribution in [3.8, 4) is 0 Å². The van der Waals surface area contributed by atoms with Crippen LogP contribution >= 0.6 is 0 Å². The second-order valence-electron chi connectivity index (χ2n) is 10.7. The average molecular weight is 447 g/mol. The van der Waals surface area contributed by atoms with Crippen LogP contribution in [0.25, 0.3) is 0 Å². The highest BCUT2D eigenvalue weighted by Crippen LogP contribution is 2.17. The van der Waals surface area contributed by atoms with Crippen molar-refractivity contribution in [2.45, 2.75) is 142 Å². The van der Waals surface area contributed by atoms with Crippen molar-refractivity contribution in [1.29, 1.82) is 0 Å². The van der Waals surface area contributed by atoms with Crippen LogP contribution in [-0.4, -0.2) is 16.9 Å². The van der Waals surface area contributed by atoms with Gasteiger partial charge in [-0.15, -0.1) is 0 Å². The Morgan fingerprint density at radius 2 is 0.933 bits per heavy atom. The zero-order valence-corrected chi connectivity index (χ0v) is 23.6. The molecule has 0 bridgehead atoms. The van der Waals surface area contributed by atoms with Crippen molar-refractivity contribution in [3.05, 3.63) is 24.3 Å². The van der Waals surface area contributed by atoms with Gasteiger partial charge >= 0.3 is 0 Å². The van der Waals surface area contributed by atoms with E-state index in [1.54, 1.807) is 10.4 Å². The fourth-order valence-corrected chi connectivity index (χ4v) is 8.03. The Bertz CT molecular complexity index is 504. The molecule has 0 spiro atoms. The first-order valence-corrected chi connectivity index (χ1v) is 19.7. The topological polar surface area (TPSA) is 0 Å². The Kier molecular flexibility index (Phi) is 15.9. The third-order valence-electron chi connectivity index (χ3n) is 7.01. The lowest BCUT2D eigenvalue weighted by Gasteiger charge is -2.23. The standard InChI is InChI=1S/C28H54Si2/c1-6-7-8-9-10-11-12-13-14-15-16-17-18-19-20-21-26-30(4,5)28-24-22-27(23-25-28)29(2)3/h22-25,29H,6-21,26H2,1-5H3.